The van der Waals surface area contributed by atoms with Crippen molar-refractivity contribution >= 4 is 58.2 Å². The van der Waals surface area contributed by atoms with Gasteiger partial charge in [-0.15, -0.1) is 0 Å². The molecule has 0 radical (unpaired) electrons. The molecule has 3 N–H and O–H groups in total. The number of aliphatic carboxylic acids is 1. The number of rotatable bonds is 8. The minimum absolute atomic E-state index is 0.00935. The van der Waals surface area contributed by atoms with E-state index in [0.29, 0.717) is 26.3 Å². The molecule has 4 amide bonds. The first kappa shape index (κ1) is 23.1. The highest BCUT2D eigenvalue weighted by atomic mass is 127. The van der Waals surface area contributed by atoms with E-state index in [1.54, 1.807) is 42.5 Å². The number of carboxylic acids is 1. The molecule has 1 heterocycles. The van der Waals surface area contributed by atoms with Crippen LogP contribution in [-0.2, 0) is 14.4 Å². The molecule has 0 aromatic heterocycles. The topological polar surface area (TPSA) is 134 Å². The van der Waals surface area contributed by atoms with E-state index >= 15 is 0 Å². The van der Waals surface area contributed by atoms with Crippen LogP contribution in [0.3, 0.4) is 0 Å². The number of para-hydroxylation sites is 2. The molecule has 0 bridgehead atoms. The summed E-state index contributed by atoms with van der Waals surface area (Å²) in [5, 5.41) is 13.8. The summed E-state index contributed by atoms with van der Waals surface area (Å²) in [6.07, 6.45) is 1.46. The maximum absolute atomic E-state index is 12.6. The maximum atomic E-state index is 12.6. The second-order valence-electron chi connectivity index (χ2n) is 6.50. The third-order valence-electron chi connectivity index (χ3n) is 4.26. The molecule has 0 aliphatic carbocycles. The lowest BCUT2D eigenvalue weighted by Crippen LogP contribution is -2.38. The Morgan fingerprint density at radius 2 is 1.94 bits per heavy atom. The smallest absolute Gasteiger partial charge is 0.341 e. The van der Waals surface area contributed by atoms with Gasteiger partial charge >= 0.3 is 12.0 Å². The van der Waals surface area contributed by atoms with Gasteiger partial charge in [0.2, 0.25) is 5.91 Å². The number of benzene rings is 2. The highest BCUT2D eigenvalue weighted by Crippen LogP contribution is 2.25. The number of anilines is 1. The van der Waals surface area contributed by atoms with Crippen LogP contribution in [0.4, 0.5) is 10.5 Å². The number of carbonyl (C=O) groups excluding carboxylic acids is 3. The van der Waals surface area contributed by atoms with Crippen molar-refractivity contribution in [3.05, 3.63) is 57.3 Å². The SMILES string of the molecule is COc1ccccc1NC(=O)CN1C(=O)N/C(=C/c2ccc(OCC(=O)O)c(I)c2)C1=O. The Morgan fingerprint density at radius 1 is 1.19 bits per heavy atom. The van der Waals surface area contributed by atoms with Crippen LogP contribution >= 0.6 is 22.6 Å². The zero-order chi connectivity index (χ0) is 23.3. The Balaban J connectivity index is 1.69. The van der Waals surface area contributed by atoms with Crippen molar-refractivity contribution in [3.8, 4) is 11.5 Å². The van der Waals surface area contributed by atoms with Gasteiger partial charge in [0.25, 0.3) is 5.91 Å². The van der Waals surface area contributed by atoms with Gasteiger partial charge in [-0.1, -0.05) is 18.2 Å². The van der Waals surface area contributed by atoms with Gasteiger partial charge in [-0.05, 0) is 58.5 Å². The van der Waals surface area contributed by atoms with Crippen molar-refractivity contribution in [1.29, 1.82) is 0 Å². The van der Waals surface area contributed by atoms with Crippen molar-refractivity contribution in [3.63, 3.8) is 0 Å². The van der Waals surface area contributed by atoms with Gasteiger partial charge in [0.1, 0.15) is 23.7 Å². The molecule has 0 unspecified atom stereocenters. The second kappa shape index (κ2) is 10.1. The zero-order valence-electron chi connectivity index (χ0n) is 16.8. The van der Waals surface area contributed by atoms with Crippen LogP contribution in [0.5, 0.6) is 11.5 Å². The predicted molar refractivity (Wildman–Crippen MR) is 122 cm³/mol. The average molecular weight is 551 g/mol. The van der Waals surface area contributed by atoms with Crippen LogP contribution in [0, 0.1) is 3.57 Å². The van der Waals surface area contributed by atoms with Crippen LogP contribution in [0.1, 0.15) is 5.56 Å². The molecule has 1 saturated heterocycles. The number of imide groups is 1. The lowest BCUT2D eigenvalue weighted by molar-refractivity contribution is -0.139. The van der Waals surface area contributed by atoms with E-state index in [0.717, 1.165) is 4.90 Å². The van der Waals surface area contributed by atoms with Gasteiger partial charge in [0.15, 0.2) is 6.61 Å². The first-order valence-corrected chi connectivity index (χ1v) is 10.3. The number of halogens is 1. The van der Waals surface area contributed by atoms with Crippen LogP contribution in [0.25, 0.3) is 6.08 Å². The molecular formula is C21H18IN3O7. The molecule has 3 rings (SSSR count). The number of urea groups is 1. The summed E-state index contributed by atoms with van der Waals surface area (Å²) in [5.74, 6) is -1.48. The number of nitrogens with zero attached hydrogens (tertiary/aromatic N) is 1. The highest BCUT2D eigenvalue weighted by molar-refractivity contribution is 14.1. The van der Waals surface area contributed by atoms with Crippen molar-refractivity contribution in [1.82, 2.24) is 10.2 Å². The molecule has 10 nitrogen and oxygen atoms in total. The number of carbonyl (C=O) groups is 4. The van der Waals surface area contributed by atoms with Gasteiger partial charge in [-0.2, -0.15) is 0 Å². The monoisotopic (exact) mass is 551 g/mol. The molecule has 32 heavy (non-hydrogen) atoms. The molecule has 0 atom stereocenters. The summed E-state index contributed by atoms with van der Waals surface area (Å²) in [5.41, 5.74) is 1.01. The van der Waals surface area contributed by atoms with Crippen LogP contribution in [0.15, 0.2) is 48.2 Å². The van der Waals surface area contributed by atoms with Crippen molar-refractivity contribution in [2.24, 2.45) is 0 Å². The molecule has 2 aromatic rings. The van der Waals surface area contributed by atoms with Gasteiger partial charge in [-0.3, -0.25) is 9.59 Å². The van der Waals surface area contributed by atoms with Crippen molar-refractivity contribution in [2.75, 3.05) is 25.6 Å². The van der Waals surface area contributed by atoms with Gasteiger partial charge < -0.3 is 25.2 Å². The summed E-state index contributed by atoms with van der Waals surface area (Å²) >= 11 is 1.97. The number of nitrogens with one attached hydrogen (secondary N) is 2. The molecule has 0 saturated carbocycles. The third kappa shape index (κ3) is 5.55. The molecule has 11 heteroatoms. The second-order valence-corrected chi connectivity index (χ2v) is 7.66. The van der Waals surface area contributed by atoms with Gasteiger partial charge in [0.05, 0.1) is 16.4 Å². The third-order valence-corrected chi connectivity index (χ3v) is 5.11. The summed E-state index contributed by atoms with van der Waals surface area (Å²) in [6.45, 7) is -0.948. The Morgan fingerprint density at radius 3 is 2.62 bits per heavy atom. The van der Waals surface area contributed by atoms with E-state index in [1.165, 1.54) is 13.2 Å². The Bertz CT molecular complexity index is 1120. The number of carboxylic acid groups (broad SMARTS) is 1. The van der Waals surface area contributed by atoms with Crippen LogP contribution in [-0.4, -0.2) is 54.1 Å². The summed E-state index contributed by atoms with van der Waals surface area (Å²) in [4.78, 5) is 48.7. The lowest BCUT2D eigenvalue weighted by Gasteiger charge is -2.13. The van der Waals surface area contributed by atoms with Crippen LogP contribution in [0.2, 0.25) is 0 Å². The number of hydrogen-bond donors (Lipinski definition) is 3. The quantitative estimate of drug-likeness (QED) is 0.261. The number of methoxy groups -OCH3 is 1. The zero-order valence-corrected chi connectivity index (χ0v) is 18.9. The highest BCUT2D eigenvalue weighted by Gasteiger charge is 2.35. The fraction of sp³-hybridized carbons (Fsp3) is 0.143. The molecule has 1 aliphatic rings. The summed E-state index contributed by atoms with van der Waals surface area (Å²) < 4.78 is 11.0. The minimum atomic E-state index is -1.10. The molecular weight excluding hydrogens is 533 g/mol. The van der Waals surface area contributed by atoms with Crippen molar-refractivity contribution < 1.29 is 33.8 Å². The predicted octanol–water partition coefficient (Wildman–Crippen LogP) is 2.29. The number of hydrogen-bond acceptors (Lipinski definition) is 6. The van der Waals surface area contributed by atoms with Gasteiger partial charge in [-0.25, -0.2) is 14.5 Å². The van der Waals surface area contributed by atoms with Gasteiger partial charge in [0, 0.05) is 0 Å². The van der Waals surface area contributed by atoms with Crippen molar-refractivity contribution in [2.45, 2.75) is 0 Å². The normalized spacial score (nSPS) is 14.3. The Kier molecular flexibility index (Phi) is 7.30. The first-order chi connectivity index (χ1) is 15.3. The molecule has 2 aromatic carbocycles. The van der Waals surface area contributed by atoms with E-state index in [-0.39, 0.29) is 5.70 Å². The molecule has 166 valence electrons. The molecule has 1 aliphatic heterocycles. The van der Waals surface area contributed by atoms with E-state index in [4.69, 9.17) is 14.6 Å². The maximum Gasteiger partial charge on any atom is 0.341 e. The largest absolute Gasteiger partial charge is 0.495 e. The van der Waals surface area contributed by atoms with E-state index in [1.807, 2.05) is 22.6 Å². The van der Waals surface area contributed by atoms with E-state index in [2.05, 4.69) is 10.6 Å². The minimum Gasteiger partial charge on any atom is -0.495 e. The summed E-state index contributed by atoms with van der Waals surface area (Å²) in [6, 6.07) is 10.9. The Hall–Kier alpha value is -3.61. The standard InChI is InChI=1S/C21H18IN3O7/c1-31-17-5-3-2-4-14(17)23-18(26)10-25-20(29)15(24-21(25)30)9-12-6-7-16(13(22)8-12)32-11-19(27)28/h2-9H,10-11H2,1H3,(H,23,26)(H,24,30)(H,27,28)/b15-9+. The molecule has 1 fully saturated rings. The molecule has 0 spiro atoms. The number of amides is 4. The Labute approximate surface area is 196 Å². The summed E-state index contributed by atoms with van der Waals surface area (Å²) in [7, 11) is 1.46. The van der Waals surface area contributed by atoms with Crippen LogP contribution < -0.4 is 20.1 Å². The first-order valence-electron chi connectivity index (χ1n) is 9.20. The number of ether oxygens (including phenoxy) is 2. The average Bonchev–Trinajstić information content (AvgIpc) is 3.00. The van der Waals surface area contributed by atoms with E-state index < -0.39 is 37.0 Å². The fourth-order valence-corrected chi connectivity index (χ4v) is 3.52. The lowest BCUT2D eigenvalue weighted by atomic mass is 10.2. The fourth-order valence-electron chi connectivity index (χ4n) is 2.83. The van der Waals surface area contributed by atoms with E-state index in [9.17, 15) is 19.2 Å².